The minimum atomic E-state index is -0.766. The third-order valence-corrected chi connectivity index (χ3v) is 5.10. The first-order valence-corrected chi connectivity index (χ1v) is 8.90. The summed E-state index contributed by atoms with van der Waals surface area (Å²) in [4.78, 5) is 23.0. The summed E-state index contributed by atoms with van der Waals surface area (Å²) in [6.45, 7) is 2.75. The Morgan fingerprint density at radius 1 is 1.19 bits per heavy atom. The molecule has 0 amide bonds. The molecule has 2 atom stereocenters. The normalized spacial score (nSPS) is 18.9. The first-order valence-electron chi connectivity index (χ1n) is 8.90. The minimum Gasteiger partial charge on any atom is -0.480 e. The summed E-state index contributed by atoms with van der Waals surface area (Å²) in [5.41, 5.74) is 3.93. The highest BCUT2D eigenvalue weighted by atomic mass is 16.4. The molecule has 1 aliphatic heterocycles. The van der Waals surface area contributed by atoms with Crippen molar-refractivity contribution in [3.8, 4) is 0 Å². The van der Waals surface area contributed by atoms with Gasteiger partial charge in [-0.15, -0.1) is 0 Å². The number of aliphatic carboxylic acids is 1. The molecular formula is C21H21N3O2. The molecule has 3 heterocycles. The number of carboxylic acids is 1. The number of hydrogen-bond donors (Lipinski definition) is 1. The molecule has 3 aromatic rings. The second kappa shape index (κ2) is 6.84. The van der Waals surface area contributed by atoms with E-state index in [0.717, 1.165) is 40.7 Å². The van der Waals surface area contributed by atoms with Crippen LogP contribution >= 0.6 is 0 Å². The lowest BCUT2D eigenvalue weighted by Crippen LogP contribution is -2.39. The van der Waals surface area contributed by atoms with Crippen LogP contribution in [0.3, 0.4) is 0 Å². The van der Waals surface area contributed by atoms with Gasteiger partial charge in [-0.2, -0.15) is 0 Å². The van der Waals surface area contributed by atoms with Crippen LogP contribution in [0.4, 0.5) is 0 Å². The number of para-hydroxylation sites is 1. The molecule has 0 aliphatic carbocycles. The van der Waals surface area contributed by atoms with Gasteiger partial charge in [0.15, 0.2) is 0 Å². The van der Waals surface area contributed by atoms with Crippen molar-refractivity contribution in [3.05, 3.63) is 71.7 Å². The number of carboxylic acid groups (broad SMARTS) is 1. The number of carbonyl (C=O) groups is 1. The van der Waals surface area contributed by atoms with E-state index >= 15 is 0 Å². The summed E-state index contributed by atoms with van der Waals surface area (Å²) < 4.78 is 0. The molecule has 0 spiro atoms. The first-order chi connectivity index (χ1) is 12.6. The number of nitrogens with zero attached hydrogens (tertiary/aromatic N) is 3. The number of benzene rings is 1. The van der Waals surface area contributed by atoms with Crippen molar-refractivity contribution in [3.63, 3.8) is 0 Å². The number of hydrogen-bond acceptors (Lipinski definition) is 4. The van der Waals surface area contributed by atoms with E-state index in [0.29, 0.717) is 6.42 Å². The van der Waals surface area contributed by atoms with Crippen molar-refractivity contribution < 1.29 is 9.90 Å². The molecule has 0 radical (unpaired) electrons. The van der Waals surface area contributed by atoms with Crippen LogP contribution in [0.2, 0.25) is 0 Å². The number of likely N-dealkylation sites (tertiary alicyclic amines) is 1. The Labute approximate surface area is 152 Å². The Kier molecular flexibility index (Phi) is 4.39. The second-order valence-electron chi connectivity index (χ2n) is 6.81. The van der Waals surface area contributed by atoms with Crippen LogP contribution in [0, 0.1) is 6.92 Å². The van der Waals surface area contributed by atoms with E-state index in [9.17, 15) is 9.90 Å². The van der Waals surface area contributed by atoms with Crippen molar-refractivity contribution in [2.45, 2.75) is 31.8 Å². The molecule has 1 saturated heterocycles. The third-order valence-electron chi connectivity index (χ3n) is 5.10. The zero-order valence-electron chi connectivity index (χ0n) is 14.7. The fourth-order valence-electron chi connectivity index (χ4n) is 3.87. The lowest BCUT2D eigenvalue weighted by molar-refractivity contribution is -0.142. The van der Waals surface area contributed by atoms with Gasteiger partial charge in [0, 0.05) is 24.3 Å². The molecule has 132 valence electrons. The van der Waals surface area contributed by atoms with E-state index < -0.39 is 12.0 Å². The van der Waals surface area contributed by atoms with Gasteiger partial charge in [-0.25, -0.2) is 0 Å². The standard InChI is InChI=1S/C21H21N3O2/c1-14-8-9-18(23-13-14)20(24-12-4-7-19(24)21(25)26)16-10-11-22-17-6-3-2-5-15(16)17/h2-3,5-6,8-11,13,19-20H,4,7,12H2,1H3,(H,25,26). The van der Waals surface area contributed by atoms with Gasteiger partial charge >= 0.3 is 5.97 Å². The topological polar surface area (TPSA) is 66.3 Å². The van der Waals surface area contributed by atoms with Crippen LogP contribution in [0.15, 0.2) is 54.9 Å². The smallest absolute Gasteiger partial charge is 0.320 e. The van der Waals surface area contributed by atoms with Crippen molar-refractivity contribution in [1.29, 1.82) is 0 Å². The van der Waals surface area contributed by atoms with E-state index in [1.54, 1.807) is 6.20 Å². The average molecular weight is 347 g/mol. The van der Waals surface area contributed by atoms with Crippen LogP contribution in [0.5, 0.6) is 0 Å². The Morgan fingerprint density at radius 2 is 2.04 bits per heavy atom. The fourth-order valence-corrected chi connectivity index (χ4v) is 3.87. The highest BCUT2D eigenvalue weighted by Crippen LogP contribution is 2.36. The van der Waals surface area contributed by atoms with Gasteiger partial charge in [0.25, 0.3) is 0 Å². The summed E-state index contributed by atoms with van der Waals surface area (Å²) in [5, 5.41) is 10.7. The van der Waals surface area contributed by atoms with Crippen LogP contribution in [-0.2, 0) is 4.79 Å². The number of pyridine rings is 2. The molecule has 26 heavy (non-hydrogen) atoms. The van der Waals surface area contributed by atoms with E-state index in [4.69, 9.17) is 0 Å². The number of aryl methyl sites for hydroxylation is 1. The van der Waals surface area contributed by atoms with E-state index in [2.05, 4.69) is 14.9 Å². The van der Waals surface area contributed by atoms with E-state index in [1.165, 1.54) is 0 Å². The van der Waals surface area contributed by atoms with Crippen LogP contribution < -0.4 is 0 Å². The van der Waals surface area contributed by atoms with Gasteiger partial charge < -0.3 is 5.11 Å². The summed E-state index contributed by atoms with van der Waals surface area (Å²) in [6, 6.07) is 13.3. The zero-order chi connectivity index (χ0) is 18.1. The highest BCUT2D eigenvalue weighted by Gasteiger charge is 2.38. The molecule has 5 nitrogen and oxygen atoms in total. The lowest BCUT2D eigenvalue weighted by atomic mass is 9.96. The summed E-state index contributed by atoms with van der Waals surface area (Å²) >= 11 is 0. The SMILES string of the molecule is Cc1ccc(C(c2ccnc3ccccc23)N2CCCC2C(=O)O)nc1. The molecule has 0 bridgehead atoms. The van der Waals surface area contributed by atoms with Gasteiger partial charge in [-0.3, -0.25) is 19.7 Å². The Bertz CT molecular complexity index is 934. The molecule has 0 saturated carbocycles. The van der Waals surface area contributed by atoms with Crippen molar-refractivity contribution in [1.82, 2.24) is 14.9 Å². The van der Waals surface area contributed by atoms with Gasteiger partial charge in [0.1, 0.15) is 6.04 Å². The maximum absolute atomic E-state index is 11.8. The summed E-state index contributed by atoms with van der Waals surface area (Å²) in [7, 11) is 0. The minimum absolute atomic E-state index is 0.202. The van der Waals surface area contributed by atoms with Gasteiger partial charge in [-0.05, 0) is 49.1 Å². The molecule has 1 fully saturated rings. The molecule has 1 N–H and O–H groups in total. The molecule has 2 unspecified atom stereocenters. The summed E-state index contributed by atoms with van der Waals surface area (Å²) in [6.07, 6.45) is 5.19. The predicted molar refractivity (Wildman–Crippen MR) is 99.9 cm³/mol. The quantitative estimate of drug-likeness (QED) is 0.781. The van der Waals surface area contributed by atoms with Gasteiger partial charge in [0.05, 0.1) is 17.3 Å². The molecule has 4 rings (SSSR count). The lowest BCUT2D eigenvalue weighted by Gasteiger charge is -2.31. The van der Waals surface area contributed by atoms with E-state index in [-0.39, 0.29) is 6.04 Å². The van der Waals surface area contributed by atoms with Crippen molar-refractivity contribution in [2.24, 2.45) is 0 Å². The highest BCUT2D eigenvalue weighted by molar-refractivity contribution is 5.83. The number of fused-ring (bicyclic) bond motifs is 1. The Balaban J connectivity index is 1.90. The first kappa shape index (κ1) is 16.7. The number of aromatic nitrogens is 2. The predicted octanol–water partition coefficient (Wildman–Crippen LogP) is 3.58. The van der Waals surface area contributed by atoms with Crippen LogP contribution in [0.1, 0.15) is 35.7 Å². The van der Waals surface area contributed by atoms with Crippen molar-refractivity contribution >= 4 is 16.9 Å². The third kappa shape index (κ3) is 2.95. The monoisotopic (exact) mass is 347 g/mol. The molecule has 5 heteroatoms. The molecule has 2 aromatic heterocycles. The van der Waals surface area contributed by atoms with Crippen LogP contribution in [-0.4, -0.2) is 38.5 Å². The zero-order valence-corrected chi connectivity index (χ0v) is 14.7. The largest absolute Gasteiger partial charge is 0.480 e. The number of rotatable bonds is 4. The molecule has 1 aliphatic rings. The molecular weight excluding hydrogens is 326 g/mol. The Morgan fingerprint density at radius 3 is 2.81 bits per heavy atom. The summed E-state index contributed by atoms with van der Waals surface area (Å²) in [5.74, 6) is -0.766. The Hall–Kier alpha value is -2.79. The maximum atomic E-state index is 11.8. The van der Waals surface area contributed by atoms with Gasteiger partial charge in [0.2, 0.25) is 0 Å². The fraction of sp³-hybridized carbons (Fsp3) is 0.286. The average Bonchev–Trinajstić information content (AvgIpc) is 3.13. The molecule has 1 aromatic carbocycles. The second-order valence-corrected chi connectivity index (χ2v) is 6.81. The van der Waals surface area contributed by atoms with Crippen LogP contribution in [0.25, 0.3) is 10.9 Å². The van der Waals surface area contributed by atoms with E-state index in [1.807, 2.05) is 55.6 Å². The van der Waals surface area contributed by atoms with Crippen molar-refractivity contribution in [2.75, 3.05) is 6.54 Å². The van der Waals surface area contributed by atoms with Gasteiger partial charge in [-0.1, -0.05) is 24.3 Å². The maximum Gasteiger partial charge on any atom is 0.320 e.